The van der Waals surface area contributed by atoms with Crippen LogP contribution in [0.4, 0.5) is 13.2 Å². The smallest absolute Gasteiger partial charge is 0.433 e. The fourth-order valence-corrected chi connectivity index (χ4v) is 1.53. The predicted octanol–water partition coefficient (Wildman–Crippen LogP) is 3.18. The van der Waals surface area contributed by atoms with Gasteiger partial charge in [-0.1, -0.05) is 6.07 Å². The molecular weight excluding hydrogens is 245 g/mol. The van der Waals surface area contributed by atoms with Crippen molar-refractivity contribution in [2.24, 2.45) is 0 Å². The van der Waals surface area contributed by atoms with E-state index in [0.29, 0.717) is 16.7 Å². The molecule has 0 fully saturated rings. The third kappa shape index (κ3) is 2.27. The average molecular weight is 254 g/mol. The lowest BCUT2D eigenvalue weighted by Crippen LogP contribution is -2.07. The average Bonchev–Trinajstić information content (AvgIpc) is 2.32. The second kappa shape index (κ2) is 4.29. The van der Waals surface area contributed by atoms with Gasteiger partial charge in [-0.2, -0.15) is 13.2 Å². The third-order valence-electron chi connectivity index (χ3n) is 2.55. The molecule has 0 unspecified atom stereocenters. The van der Waals surface area contributed by atoms with E-state index >= 15 is 0 Å². The topological polar surface area (TPSA) is 46.0 Å². The number of aromatic hydroxyl groups is 1. The fourth-order valence-electron chi connectivity index (χ4n) is 1.53. The predicted molar refractivity (Wildman–Crippen MR) is 58.9 cm³/mol. The SMILES string of the molecule is Cc1c(O)cncc1-c1ccc(C(F)(F)F)nc1. The van der Waals surface area contributed by atoms with Gasteiger partial charge >= 0.3 is 6.18 Å². The van der Waals surface area contributed by atoms with E-state index in [9.17, 15) is 18.3 Å². The summed E-state index contributed by atoms with van der Waals surface area (Å²) in [5, 5.41) is 9.48. The van der Waals surface area contributed by atoms with Crippen LogP contribution in [0.5, 0.6) is 5.75 Å². The summed E-state index contributed by atoms with van der Waals surface area (Å²) < 4.78 is 37.1. The standard InChI is InChI=1S/C12H9F3N2O/c1-7-9(5-16-6-10(7)18)8-2-3-11(17-4-8)12(13,14)15/h2-6,18H,1H3. The summed E-state index contributed by atoms with van der Waals surface area (Å²) in [4.78, 5) is 7.16. The maximum absolute atomic E-state index is 12.4. The van der Waals surface area contributed by atoms with Gasteiger partial charge in [0, 0.05) is 29.1 Å². The number of hydrogen-bond donors (Lipinski definition) is 1. The Bertz CT molecular complexity index is 565. The third-order valence-corrected chi connectivity index (χ3v) is 2.55. The van der Waals surface area contributed by atoms with Gasteiger partial charge in [0.05, 0.1) is 6.20 Å². The fraction of sp³-hybridized carbons (Fsp3) is 0.167. The number of hydrogen-bond acceptors (Lipinski definition) is 3. The molecule has 2 heterocycles. The molecule has 0 aromatic carbocycles. The molecule has 0 atom stereocenters. The van der Waals surface area contributed by atoms with Crippen LogP contribution < -0.4 is 0 Å². The van der Waals surface area contributed by atoms with Crippen LogP contribution in [0.2, 0.25) is 0 Å². The lowest BCUT2D eigenvalue weighted by Gasteiger charge is -2.09. The first-order valence-electron chi connectivity index (χ1n) is 5.07. The summed E-state index contributed by atoms with van der Waals surface area (Å²) in [6.07, 6.45) is -0.591. The molecule has 0 amide bonds. The van der Waals surface area contributed by atoms with Crippen LogP contribution in [-0.2, 0) is 6.18 Å². The Kier molecular flexibility index (Phi) is 2.94. The number of rotatable bonds is 1. The van der Waals surface area contributed by atoms with Crippen LogP contribution in [-0.4, -0.2) is 15.1 Å². The molecule has 0 saturated heterocycles. The Hall–Kier alpha value is -2.11. The normalized spacial score (nSPS) is 11.6. The zero-order chi connectivity index (χ0) is 13.3. The van der Waals surface area contributed by atoms with Crippen molar-refractivity contribution in [2.45, 2.75) is 13.1 Å². The van der Waals surface area contributed by atoms with Gasteiger partial charge in [0.25, 0.3) is 0 Å². The highest BCUT2D eigenvalue weighted by Crippen LogP contribution is 2.31. The van der Waals surface area contributed by atoms with Gasteiger partial charge in [0.1, 0.15) is 11.4 Å². The zero-order valence-corrected chi connectivity index (χ0v) is 9.36. The number of nitrogens with zero attached hydrogens (tertiary/aromatic N) is 2. The van der Waals surface area contributed by atoms with E-state index in [2.05, 4.69) is 9.97 Å². The number of halogens is 3. The van der Waals surface area contributed by atoms with Gasteiger partial charge in [-0.25, -0.2) is 0 Å². The highest BCUT2D eigenvalue weighted by Gasteiger charge is 2.32. The maximum atomic E-state index is 12.4. The summed E-state index contributed by atoms with van der Waals surface area (Å²) in [5.74, 6) is -0.00704. The van der Waals surface area contributed by atoms with E-state index in [1.54, 1.807) is 6.92 Å². The van der Waals surface area contributed by atoms with Crippen LogP contribution in [0, 0.1) is 6.92 Å². The molecule has 2 aromatic heterocycles. The van der Waals surface area contributed by atoms with Gasteiger partial charge < -0.3 is 5.11 Å². The van der Waals surface area contributed by atoms with Gasteiger partial charge in [0.15, 0.2) is 0 Å². The van der Waals surface area contributed by atoms with Crippen molar-refractivity contribution in [3.05, 3.63) is 42.0 Å². The van der Waals surface area contributed by atoms with E-state index in [4.69, 9.17) is 0 Å². The second-order valence-electron chi connectivity index (χ2n) is 3.76. The summed E-state index contributed by atoms with van der Waals surface area (Å²) in [5.41, 5.74) is 0.628. The van der Waals surface area contributed by atoms with E-state index in [0.717, 1.165) is 12.3 Å². The minimum absolute atomic E-state index is 0.00704. The molecule has 0 spiro atoms. The summed E-state index contributed by atoms with van der Waals surface area (Å²) >= 11 is 0. The quantitative estimate of drug-likeness (QED) is 0.850. The van der Waals surface area contributed by atoms with Crippen molar-refractivity contribution in [2.75, 3.05) is 0 Å². The van der Waals surface area contributed by atoms with Crippen LogP contribution in [0.3, 0.4) is 0 Å². The van der Waals surface area contributed by atoms with Gasteiger partial charge in [-0.3, -0.25) is 9.97 Å². The summed E-state index contributed by atoms with van der Waals surface area (Å²) in [7, 11) is 0. The second-order valence-corrected chi connectivity index (χ2v) is 3.76. The molecule has 2 aromatic rings. The van der Waals surface area contributed by atoms with Gasteiger partial charge in [0.2, 0.25) is 0 Å². The lowest BCUT2D eigenvalue weighted by atomic mass is 10.0. The lowest BCUT2D eigenvalue weighted by molar-refractivity contribution is -0.141. The largest absolute Gasteiger partial charge is 0.506 e. The molecule has 0 radical (unpaired) electrons. The molecule has 0 aliphatic carbocycles. The molecular formula is C12H9F3N2O. The molecule has 0 aliphatic heterocycles. The molecule has 1 N–H and O–H groups in total. The molecule has 0 saturated carbocycles. The first-order chi connectivity index (χ1) is 8.39. The highest BCUT2D eigenvalue weighted by molar-refractivity contribution is 5.67. The molecule has 94 valence electrons. The first-order valence-corrected chi connectivity index (χ1v) is 5.07. The Labute approximate surface area is 101 Å². The van der Waals surface area contributed by atoms with Crippen LogP contribution in [0.1, 0.15) is 11.3 Å². The Morgan fingerprint density at radius 2 is 1.83 bits per heavy atom. The van der Waals surface area contributed by atoms with Crippen molar-refractivity contribution >= 4 is 0 Å². The Balaban J connectivity index is 2.44. The van der Waals surface area contributed by atoms with E-state index in [1.807, 2.05) is 0 Å². The summed E-state index contributed by atoms with van der Waals surface area (Å²) in [6.45, 7) is 1.66. The summed E-state index contributed by atoms with van der Waals surface area (Å²) in [6, 6.07) is 2.21. The Morgan fingerprint density at radius 1 is 1.11 bits per heavy atom. The van der Waals surface area contributed by atoms with E-state index in [-0.39, 0.29) is 5.75 Å². The van der Waals surface area contributed by atoms with Crippen molar-refractivity contribution in [3.63, 3.8) is 0 Å². The van der Waals surface area contributed by atoms with Crippen molar-refractivity contribution in [1.82, 2.24) is 9.97 Å². The maximum Gasteiger partial charge on any atom is 0.433 e. The molecule has 3 nitrogen and oxygen atoms in total. The van der Waals surface area contributed by atoms with Gasteiger partial charge in [-0.05, 0) is 13.0 Å². The van der Waals surface area contributed by atoms with Crippen LogP contribution in [0.25, 0.3) is 11.1 Å². The minimum Gasteiger partial charge on any atom is -0.506 e. The minimum atomic E-state index is -4.45. The molecule has 18 heavy (non-hydrogen) atoms. The highest BCUT2D eigenvalue weighted by atomic mass is 19.4. The molecule has 0 aliphatic rings. The zero-order valence-electron chi connectivity index (χ0n) is 9.36. The van der Waals surface area contributed by atoms with Crippen LogP contribution >= 0.6 is 0 Å². The molecule has 6 heteroatoms. The van der Waals surface area contributed by atoms with Crippen molar-refractivity contribution in [1.29, 1.82) is 0 Å². The first kappa shape index (κ1) is 12.3. The molecule has 0 bridgehead atoms. The monoisotopic (exact) mass is 254 g/mol. The Morgan fingerprint density at radius 3 is 2.39 bits per heavy atom. The van der Waals surface area contributed by atoms with Gasteiger partial charge in [-0.15, -0.1) is 0 Å². The number of alkyl halides is 3. The number of aromatic nitrogens is 2. The van der Waals surface area contributed by atoms with E-state index < -0.39 is 11.9 Å². The van der Waals surface area contributed by atoms with E-state index in [1.165, 1.54) is 18.5 Å². The van der Waals surface area contributed by atoms with Crippen molar-refractivity contribution < 1.29 is 18.3 Å². The van der Waals surface area contributed by atoms with Crippen molar-refractivity contribution in [3.8, 4) is 16.9 Å². The molecule has 2 rings (SSSR count). The van der Waals surface area contributed by atoms with Crippen LogP contribution in [0.15, 0.2) is 30.7 Å². The number of pyridine rings is 2.